The summed E-state index contributed by atoms with van der Waals surface area (Å²) in [6.07, 6.45) is 1.45. The number of phenols is 1. The van der Waals surface area contributed by atoms with E-state index < -0.39 is 0 Å². The summed E-state index contributed by atoms with van der Waals surface area (Å²) in [5.41, 5.74) is 4.84. The average molecular weight is 524 g/mol. The number of aromatic hydroxyl groups is 1. The molecule has 0 spiro atoms. The molecule has 190 valence electrons. The highest BCUT2D eigenvalue weighted by Crippen LogP contribution is 2.29. The molecule has 38 heavy (non-hydrogen) atoms. The molecule has 4 aromatic carbocycles. The van der Waals surface area contributed by atoms with Gasteiger partial charge in [0, 0.05) is 16.8 Å². The van der Waals surface area contributed by atoms with Crippen molar-refractivity contribution in [3.63, 3.8) is 0 Å². The van der Waals surface area contributed by atoms with E-state index in [4.69, 9.17) is 4.74 Å². The Bertz CT molecular complexity index is 1580. The van der Waals surface area contributed by atoms with E-state index in [9.17, 15) is 9.90 Å². The van der Waals surface area contributed by atoms with Crippen LogP contribution in [0, 0.1) is 0 Å². The SMILES string of the molecule is CCOc1ccc(-n2c(SCC(=O)N/N=C\c3c(O)ccc4ccccc34)nnc2-c2ccccc2)cc1. The monoisotopic (exact) mass is 523 g/mol. The number of carbonyl (C=O) groups is 1. The Kier molecular flexibility index (Phi) is 7.65. The molecule has 0 aliphatic carbocycles. The molecule has 1 heterocycles. The maximum absolute atomic E-state index is 12.6. The van der Waals surface area contributed by atoms with Gasteiger partial charge in [0.15, 0.2) is 11.0 Å². The van der Waals surface area contributed by atoms with Crippen LogP contribution in [0.1, 0.15) is 12.5 Å². The van der Waals surface area contributed by atoms with Crippen LogP contribution >= 0.6 is 11.8 Å². The van der Waals surface area contributed by atoms with Crippen LogP contribution < -0.4 is 10.2 Å². The number of thioether (sulfide) groups is 1. The summed E-state index contributed by atoms with van der Waals surface area (Å²) in [7, 11) is 0. The normalized spacial score (nSPS) is 11.2. The van der Waals surface area contributed by atoms with Crippen LogP contribution in [0.25, 0.3) is 27.8 Å². The van der Waals surface area contributed by atoms with Crippen LogP contribution in [0.15, 0.2) is 101 Å². The van der Waals surface area contributed by atoms with Gasteiger partial charge in [0.05, 0.1) is 18.6 Å². The van der Waals surface area contributed by atoms with Gasteiger partial charge in [-0.05, 0) is 48.0 Å². The summed E-state index contributed by atoms with van der Waals surface area (Å²) >= 11 is 1.25. The third-order valence-corrected chi connectivity index (χ3v) is 6.66. The highest BCUT2D eigenvalue weighted by Gasteiger charge is 2.17. The molecule has 2 N–H and O–H groups in total. The van der Waals surface area contributed by atoms with Gasteiger partial charge in [-0.25, -0.2) is 5.43 Å². The Balaban J connectivity index is 1.33. The number of phenolic OH excluding ortho intramolecular Hbond substituents is 1. The molecule has 0 radical (unpaired) electrons. The molecular weight excluding hydrogens is 498 g/mol. The number of hydrazone groups is 1. The second-order valence-electron chi connectivity index (χ2n) is 8.24. The van der Waals surface area contributed by atoms with Crippen LogP contribution in [-0.4, -0.2) is 44.4 Å². The molecule has 1 amide bonds. The van der Waals surface area contributed by atoms with Crippen molar-refractivity contribution in [3.05, 3.63) is 96.6 Å². The first-order chi connectivity index (χ1) is 18.6. The third-order valence-electron chi connectivity index (χ3n) is 5.73. The fourth-order valence-electron chi connectivity index (χ4n) is 3.98. The maximum Gasteiger partial charge on any atom is 0.250 e. The van der Waals surface area contributed by atoms with Gasteiger partial charge < -0.3 is 9.84 Å². The number of hydrogen-bond acceptors (Lipinski definition) is 7. The number of amides is 1. The molecule has 0 unspecified atom stereocenters. The summed E-state index contributed by atoms with van der Waals surface area (Å²) in [6.45, 7) is 2.52. The Morgan fingerprint density at radius 3 is 2.55 bits per heavy atom. The van der Waals surface area contributed by atoms with E-state index in [1.54, 1.807) is 6.07 Å². The highest BCUT2D eigenvalue weighted by molar-refractivity contribution is 7.99. The molecule has 8 nitrogen and oxygen atoms in total. The van der Waals surface area contributed by atoms with Crippen molar-refractivity contribution in [3.8, 4) is 28.6 Å². The van der Waals surface area contributed by atoms with Crippen molar-refractivity contribution in [2.75, 3.05) is 12.4 Å². The van der Waals surface area contributed by atoms with Crippen LogP contribution in [0.4, 0.5) is 0 Å². The van der Waals surface area contributed by atoms with Gasteiger partial charge in [-0.3, -0.25) is 9.36 Å². The maximum atomic E-state index is 12.6. The molecule has 5 rings (SSSR count). The molecule has 0 fully saturated rings. The highest BCUT2D eigenvalue weighted by atomic mass is 32.2. The molecule has 0 bridgehead atoms. The van der Waals surface area contributed by atoms with Gasteiger partial charge in [0.1, 0.15) is 11.5 Å². The summed E-state index contributed by atoms with van der Waals surface area (Å²) < 4.78 is 7.49. The third kappa shape index (κ3) is 5.52. The number of nitrogens with one attached hydrogen (secondary N) is 1. The largest absolute Gasteiger partial charge is 0.507 e. The zero-order valence-corrected chi connectivity index (χ0v) is 21.4. The number of hydrogen-bond donors (Lipinski definition) is 2. The fourth-order valence-corrected chi connectivity index (χ4v) is 4.72. The van der Waals surface area contributed by atoms with E-state index in [1.807, 2.05) is 96.4 Å². The zero-order chi connectivity index (χ0) is 26.3. The van der Waals surface area contributed by atoms with Gasteiger partial charge in [-0.2, -0.15) is 5.10 Å². The molecule has 0 aliphatic heterocycles. The van der Waals surface area contributed by atoms with Crippen molar-refractivity contribution >= 4 is 34.7 Å². The smallest absolute Gasteiger partial charge is 0.250 e. The van der Waals surface area contributed by atoms with Crippen LogP contribution in [0.5, 0.6) is 11.5 Å². The minimum absolute atomic E-state index is 0.0722. The van der Waals surface area contributed by atoms with Crippen LogP contribution in [0.3, 0.4) is 0 Å². The van der Waals surface area contributed by atoms with E-state index in [1.165, 1.54) is 18.0 Å². The quantitative estimate of drug-likeness (QED) is 0.152. The Morgan fingerprint density at radius 2 is 1.76 bits per heavy atom. The molecule has 0 saturated heterocycles. The van der Waals surface area contributed by atoms with Gasteiger partial charge in [0.25, 0.3) is 5.91 Å². The standard InChI is InChI=1S/C29H25N5O3S/c1-2-37-23-15-13-22(14-16-23)34-28(21-9-4-3-5-10-21)32-33-29(34)38-19-27(36)31-30-18-25-24-11-7-6-8-20(24)12-17-26(25)35/h3-18,35H,2,19H2,1H3,(H,31,36)/b30-18-. The minimum atomic E-state index is -0.312. The van der Waals surface area contributed by atoms with E-state index in [0.717, 1.165) is 27.8 Å². The van der Waals surface area contributed by atoms with Crippen molar-refractivity contribution in [2.45, 2.75) is 12.1 Å². The molecule has 0 saturated carbocycles. The lowest BCUT2D eigenvalue weighted by atomic mass is 10.0. The lowest BCUT2D eigenvalue weighted by Gasteiger charge is -2.11. The van der Waals surface area contributed by atoms with Crippen molar-refractivity contribution in [1.82, 2.24) is 20.2 Å². The number of ether oxygens (including phenoxy) is 1. The zero-order valence-electron chi connectivity index (χ0n) is 20.6. The summed E-state index contributed by atoms with van der Waals surface area (Å²) in [4.78, 5) is 12.6. The molecule has 9 heteroatoms. The molecule has 0 aliphatic rings. The van der Waals surface area contributed by atoms with Gasteiger partial charge in [-0.15, -0.1) is 10.2 Å². The first-order valence-electron chi connectivity index (χ1n) is 12.0. The Hall–Kier alpha value is -4.63. The average Bonchev–Trinajstić information content (AvgIpc) is 3.38. The van der Waals surface area contributed by atoms with Gasteiger partial charge in [-0.1, -0.05) is 72.4 Å². The van der Waals surface area contributed by atoms with E-state index >= 15 is 0 Å². The van der Waals surface area contributed by atoms with E-state index in [0.29, 0.717) is 23.2 Å². The number of fused-ring (bicyclic) bond motifs is 1. The first-order valence-corrected chi connectivity index (χ1v) is 13.0. The van der Waals surface area contributed by atoms with Crippen LogP contribution in [-0.2, 0) is 4.79 Å². The number of nitrogens with zero attached hydrogens (tertiary/aromatic N) is 4. The van der Waals surface area contributed by atoms with Crippen LogP contribution in [0.2, 0.25) is 0 Å². The Labute approximate surface area is 224 Å². The summed E-state index contributed by atoms with van der Waals surface area (Å²) in [6, 6.07) is 28.5. The summed E-state index contributed by atoms with van der Waals surface area (Å²) in [5.74, 6) is 1.29. The lowest BCUT2D eigenvalue weighted by Crippen LogP contribution is -2.20. The molecule has 5 aromatic rings. The predicted molar refractivity (Wildman–Crippen MR) is 150 cm³/mol. The molecule has 0 atom stereocenters. The van der Waals surface area contributed by atoms with E-state index in [-0.39, 0.29) is 17.4 Å². The number of carbonyl (C=O) groups excluding carboxylic acids is 1. The van der Waals surface area contributed by atoms with Crippen molar-refractivity contribution < 1.29 is 14.6 Å². The molecule has 1 aromatic heterocycles. The van der Waals surface area contributed by atoms with Gasteiger partial charge in [0.2, 0.25) is 0 Å². The fraction of sp³-hybridized carbons (Fsp3) is 0.103. The Morgan fingerprint density at radius 1 is 1.00 bits per heavy atom. The molecular formula is C29H25N5O3S. The number of aromatic nitrogens is 3. The first kappa shape index (κ1) is 25.0. The van der Waals surface area contributed by atoms with Crippen molar-refractivity contribution in [2.24, 2.45) is 5.10 Å². The minimum Gasteiger partial charge on any atom is -0.507 e. The second-order valence-corrected chi connectivity index (χ2v) is 9.18. The topological polar surface area (TPSA) is 102 Å². The van der Waals surface area contributed by atoms with E-state index in [2.05, 4.69) is 20.7 Å². The number of rotatable bonds is 9. The number of benzene rings is 4. The summed E-state index contributed by atoms with van der Waals surface area (Å²) in [5, 5.41) is 25.5. The second kappa shape index (κ2) is 11.6. The van der Waals surface area contributed by atoms with Gasteiger partial charge >= 0.3 is 0 Å². The van der Waals surface area contributed by atoms with Crippen molar-refractivity contribution in [1.29, 1.82) is 0 Å². The predicted octanol–water partition coefficient (Wildman–Crippen LogP) is 5.43. The lowest BCUT2D eigenvalue weighted by molar-refractivity contribution is -0.118.